The van der Waals surface area contributed by atoms with Gasteiger partial charge in [0.1, 0.15) is 11.5 Å². The van der Waals surface area contributed by atoms with Crippen molar-refractivity contribution in [3.8, 4) is 0 Å². The van der Waals surface area contributed by atoms with E-state index in [2.05, 4.69) is 10.3 Å². The topological polar surface area (TPSA) is 45.2 Å². The molecule has 0 unspecified atom stereocenters. The second-order valence-corrected chi connectivity index (χ2v) is 4.70. The van der Waals surface area contributed by atoms with Crippen molar-refractivity contribution in [3.05, 3.63) is 23.9 Å². The zero-order chi connectivity index (χ0) is 14.6. The number of anilines is 1. The minimum atomic E-state index is -4.48. The first kappa shape index (κ1) is 14.6. The Labute approximate surface area is 115 Å². The quantitative estimate of drug-likeness (QED) is 0.929. The van der Waals surface area contributed by atoms with Gasteiger partial charge >= 0.3 is 6.18 Å². The highest BCUT2D eigenvalue weighted by Crippen LogP contribution is 2.28. The van der Waals surface area contributed by atoms with Gasteiger partial charge in [-0.05, 0) is 31.4 Å². The Kier molecular flexibility index (Phi) is 4.46. The van der Waals surface area contributed by atoms with Crippen LogP contribution in [0.15, 0.2) is 18.2 Å². The van der Waals surface area contributed by atoms with E-state index in [1.54, 1.807) is 4.90 Å². The number of piperidine rings is 1. The van der Waals surface area contributed by atoms with E-state index in [0.717, 1.165) is 38.4 Å². The highest BCUT2D eigenvalue weighted by Gasteiger charge is 2.32. The van der Waals surface area contributed by atoms with Crippen LogP contribution in [0, 0.1) is 0 Å². The molecule has 1 aliphatic heterocycles. The Bertz CT molecular complexity index is 470. The Balaban J connectivity index is 1.92. The Morgan fingerprint density at radius 2 is 1.95 bits per heavy atom. The zero-order valence-corrected chi connectivity index (χ0v) is 10.9. The van der Waals surface area contributed by atoms with E-state index in [1.165, 1.54) is 12.1 Å². The van der Waals surface area contributed by atoms with Crippen LogP contribution in [-0.4, -0.2) is 35.4 Å². The number of halogens is 3. The number of pyridine rings is 1. The van der Waals surface area contributed by atoms with E-state index in [-0.39, 0.29) is 18.3 Å². The molecule has 0 aliphatic carbocycles. The lowest BCUT2D eigenvalue weighted by atomic mass is 10.1. The second kappa shape index (κ2) is 6.11. The van der Waals surface area contributed by atoms with Crippen molar-refractivity contribution in [2.75, 3.05) is 25.0 Å². The van der Waals surface area contributed by atoms with Crippen LogP contribution in [0.25, 0.3) is 0 Å². The standard InChI is InChI=1S/C13H16F3N3O/c14-13(15,16)10-5-4-6-11(18-10)17-9-12(20)19-7-2-1-3-8-19/h4-6H,1-3,7-9H2,(H,17,18). The maximum absolute atomic E-state index is 12.5. The van der Waals surface area contributed by atoms with E-state index in [9.17, 15) is 18.0 Å². The molecule has 1 aromatic rings. The summed E-state index contributed by atoms with van der Waals surface area (Å²) in [7, 11) is 0. The monoisotopic (exact) mass is 287 g/mol. The smallest absolute Gasteiger partial charge is 0.361 e. The van der Waals surface area contributed by atoms with Crippen molar-refractivity contribution in [3.63, 3.8) is 0 Å². The highest BCUT2D eigenvalue weighted by atomic mass is 19.4. The van der Waals surface area contributed by atoms with E-state index in [4.69, 9.17) is 0 Å². The lowest BCUT2D eigenvalue weighted by molar-refractivity contribution is -0.141. The van der Waals surface area contributed by atoms with Crippen LogP contribution in [0.5, 0.6) is 0 Å². The number of alkyl halides is 3. The molecule has 4 nitrogen and oxygen atoms in total. The molecule has 2 heterocycles. The van der Waals surface area contributed by atoms with Crippen LogP contribution in [-0.2, 0) is 11.0 Å². The number of carbonyl (C=O) groups excluding carboxylic acids is 1. The summed E-state index contributed by atoms with van der Waals surface area (Å²) >= 11 is 0. The van der Waals surface area contributed by atoms with Crippen LogP contribution >= 0.6 is 0 Å². The number of likely N-dealkylation sites (tertiary alicyclic amines) is 1. The summed E-state index contributed by atoms with van der Waals surface area (Å²) in [5.74, 6) is -0.0471. The predicted molar refractivity (Wildman–Crippen MR) is 68.2 cm³/mol. The fraction of sp³-hybridized carbons (Fsp3) is 0.538. The first-order valence-corrected chi connectivity index (χ1v) is 6.53. The van der Waals surface area contributed by atoms with Crippen molar-refractivity contribution >= 4 is 11.7 Å². The molecule has 110 valence electrons. The number of hydrogen-bond acceptors (Lipinski definition) is 3. The largest absolute Gasteiger partial charge is 0.433 e. The van der Waals surface area contributed by atoms with Crippen LogP contribution in [0.2, 0.25) is 0 Å². The molecule has 1 saturated heterocycles. The molecular formula is C13H16F3N3O. The van der Waals surface area contributed by atoms with Gasteiger partial charge in [-0.3, -0.25) is 4.79 Å². The molecule has 0 bridgehead atoms. The van der Waals surface area contributed by atoms with Gasteiger partial charge in [0.25, 0.3) is 0 Å². The summed E-state index contributed by atoms with van der Waals surface area (Å²) in [6.45, 7) is 1.40. The fourth-order valence-corrected chi connectivity index (χ4v) is 2.11. The number of hydrogen-bond donors (Lipinski definition) is 1. The molecular weight excluding hydrogens is 271 g/mol. The summed E-state index contributed by atoms with van der Waals surface area (Å²) in [6, 6.07) is 3.58. The van der Waals surface area contributed by atoms with Gasteiger partial charge in [-0.25, -0.2) is 4.98 Å². The molecule has 1 N–H and O–H groups in total. The number of aromatic nitrogens is 1. The summed E-state index contributed by atoms with van der Waals surface area (Å²) in [5.41, 5.74) is -0.965. The summed E-state index contributed by atoms with van der Waals surface area (Å²) in [4.78, 5) is 17.0. The van der Waals surface area contributed by atoms with E-state index in [1.807, 2.05) is 0 Å². The van der Waals surface area contributed by atoms with Crippen molar-refractivity contribution in [1.82, 2.24) is 9.88 Å². The van der Waals surface area contributed by atoms with Gasteiger partial charge < -0.3 is 10.2 Å². The van der Waals surface area contributed by atoms with E-state index >= 15 is 0 Å². The minimum absolute atomic E-state index is 0.0334. The molecule has 0 atom stereocenters. The molecule has 20 heavy (non-hydrogen) atoms. The molecule has 1 aliphatic rings. The van der Waals surface area contributed by atoms with Gasteiger partial charge in [-0.15, -0.1) is 0 Å². The average molecular weight is 287 g/mol. The Morgan fingerprint density at radius 3 is 2.60 bits per heavy atom. The normalized spacial score (nSPS) is 16.1. The molecule has 1 fully saturated rings. The van der Waals surface area contributed by atoms with Gasteiger partial charge in [0, 0.05) is 13.1 Å². The third-order valence-corrected chi connectivity index (χ3v) is 3.17. The van der Waals surface area contributed by atoms with Crippen molar-refractivity contribution in [2.45, 2.75) is 25.4 Å². The van der Waals surface area contributed by atoms with Gasteiger partial charge in [0.05, 0.1) is 6.54 Å². The van der Waals surface area contributed by atoms with Crippen molar-refractivity contribution < 1.29 is 18.0 Å². The number of carbonyl (C=O) groups is 1. The van der Waals surface area contributed by atoms with Gasteiger partial charge in [-0.1, -0.05) is 6.07 Å². The molecule has 1 amide bonds. The first-order chi connectivity index (χ1) is 9.47. The Morgan fingerprint density at radius 1 is 1.25 bits per heavy atom. The number of nitrogens with zero attached hydrogens (tertiary/aromatic N) is 2. The van der Waals surface area contributed by atoms with Gasteiger partial charge in [-0.2, -0.15) is 13.2 Å². The highest BCUT2D eigenvalue weighted by molar-refractivity contribution is 5.80. The molecule has 7 heteroatoms. The lowest BCUT2D eigenvalue weighted by Gasteiger charge is -2.26. The van der Waals surface area contributed by atoms with E-state index < -0.39 is 11.9 Å². The van der Waals surface area contributed by atoms with Gasteiger partial charge in [0.15, 0.2) is 0 Å². The maximum atomic E-state index is 12.5. The fourth-order valence-electron chi connectivity index (χ4n) is 2.11. The summed E-state index contributed by atoms with van der Waals surface area (Å²) < 4.78 is 37.5. The molecule has 0 saturated carbocycles. The van der Waals surface area contributed by atoms with Crippen LogP contribution in [0.1, 0.15) is 25.0 Å². The molecule has 0 spiro atoms. The van der Waals surface area contributed by atoms with E-state index in [0.29, 0.717) is 0 Å². The predicted octanol–water partition coefficient (Wildman–Crippen LogP) is 2.52. The molecule has 2 rings (SSSR count). The van der Waals surface area contributed by atoms with Crippen molar-refractivity contribution in [2.24, 2.45) is 0 Å². The minimum Gasteiger partial charge on any atom is -0.361 e. The number of rotatable bonds is 3. The zero-order valence-electron chi connectivity index (χ0n) is 10.9. The maximum Gasteiger partial charge on any atom is 0.433 e. The van der Waals surface area contributed by atoms with Crippen LogP contribution in [0.3, 0.4) is 0 Å². The van der Waals surface area contributed by atoms with Gasteiger partial charge in [0.2, 0.25) is 5.91 Å². The Hall–Kier alpha value is -1.79. The average Bonchev–Trinajstić information content (AvgIpc) is 2.45. The van der Waals surface area contributed by atoms with Crippen LogP contribution < -0.4 is 5.32 Å². The summed E-state index contributed by atoms with van der Waals surface area (Å²) in [6.07, 6.45) is -1.40. The third kappa shape index (κ3) is 3.85. The molecule has 1 aromatic heterocycles. The molecule has 0 radical (unpaired) electrons. The lowest BCUT2D eigenvalue weighted by Crippen LogP contribution is -2.39. The SMILES string of the molecule is O=C(CNc1cccc(C(F)(F)F)n1)N1CCCCC1. The number of nitrogens with one attached hydrogen (secondary N) is 1. The van der Waals surface area contributed by atoms with Crippen LogP contribution in [0.4, 0.5) is 19.0 Å². The second-order valence-electron chi connectivity index (χ2n) is 4.70. The summed E-state index contributed by atoms with van der Waals surface area (Å²) in [5, 5.41) is 2.65. The first-order valence-electron chi connectivity index (χ1n) is 6.53. The molecule has 0 aromatic carbocycles. The third-order valence-electron chi connectivity index (χ3n) is 3.17. The van der Waals surface area contributed by atoms with Crippen molar-refractivity contribution in [1.29, 1.82) is 0 Å². The number of amides is 1.